The van der Waals surface area contributed by atoms with E-state index in [2.05, 4.69) is 0 Å². The summed E-state index contributed by atoms with van der Waals surface area (Å²) in [5.41, 5.74) is 2.20. The Morgan fingerprint density at radius 2 is 1.96 bits per heavy atom. The van der Waals surface area contributed by atoms with Gasteiger partial charge in [0.1, 0.15) is 18.1 Å². The van der Waals surface area contributed by atoms with Gasteiger partial charge in [0.25, 0.3) is 5.91 Å². The molecule has 134 valence electrons. The van der Waals surface area contributed by atoms with Crippen LogP contribution in [0.5, 0.6) is 5.75 Å². The van der Waals surface area contributed by atoms with E-state index in [1.165, 1.54) is 4.90 Å². The van der Waals surface area contributed by atoms with E-state index in [0.717, 1.165) is 16.9 Å². The standard InChI is InChI=1S/C19H23NO5/c1-4-20(10-9-18(21)22)19(23)17-8-6-15(25-17)12-24-16-7-5-13(2)11-14(16)3/h5-8,11H,4,9-10,12H2,1-3H3,(H,21,22). The van der Waals surface area contributed by atoms with Crippen LogP contribution in [0, 0.1) is 13.8 Å². The predicted molar refractivity (Wildman–Crippen MR) is 92.8 cm³/mol. The quantitative estimate of drug-likeness (QED) is 0.793. The number of nitrogens with zero attached hydrogens (tertiary/aromatic N) is 1. The van der Waals surface area contributed by atoms with Crippen molar-refractivity contribution in [2.45, 2.75) is 33.8 Å². The summed E-state index contributed by atoms with van der Waals surface area (Å²) in [6, 6.07) is 9.20. The number of carboxylic acids is 1. The molecule has 1 N–H and O–H groups in total. The normalized spacial score (nSPS) is 10.5. The number of hydrogen-bond donors (Lipinski definition) is 1. The Morgan fingerprint density at radius 3 is 2.60 bits per heavy atom. The van der Waals surface area contributed by atoms with E-state index >= 15 is 0 Å². The van der Waals surface area contributed by atoms with Gasteiger partial charge in [0.05, 0.1) is 6.42 Å². The minimum absolute atomic E-state index is 0.0943. The molecule has 0 saturated carbocycles. The maximum Gasteiger partial charge on any atom is 0.305 e. The average Bonchev–Trinajstić information content (AvgIpc) is 3.03. The first-order valence-electron chi connectivity index (χ1n) is 8.20. The molecule has 0 spiro atoms. The van der Waals surface area contributed by atoms with E-state index in [4.69, 9.17) is 14.3 Å². The largest absolute Gasteiger partial charge is 0.485 e. The molecule has 0 radical (unpaired) electrons. The van der Waals surface area contributed by atoms with E-state index in [1.54, 1.807) is 19.1 Å². The zero-order valence-electron chi connectivity index (χ0n) is 14.7. The van der Waals surface area contributed by atoms with Crippen molar-refractivity contribution in [3.63, 3.8) is 0 Å². The zero-order chi connectivity index (χ0) is 18.4. The number of aliphatic carboxylic acids is 1. The Morgan fingerprint density at radius 1 is 1.20 bits per heavy atom. The van der Waals surface area contributed by atoms with Crippen molar-refractivity contribution in [2.75, 3.05) is 13.1 Å². The van der Waals surface area contributed by atoms with Crippen LogP contribution in [0.1, 0.15) is 40.8 Å². The summed E-state index contributed by atoms with van der Waals surface area (Å²) in [6.45, 7) is 6.58. The number of ether oxygens (including phenoxy) is 1. The molecule has 1 amide bonds. The Labute approximate surface area is 147 Å². The summed E-state index contributed by atoms with van der Waals surface area (Å²) in [5.74, 6) is 0.241. The van der Waals surface area contributed by atoms with E-state index in [0.29, 0.717) is 12.3 Å². The van der Waals surface area contributed by atoms with Gasteiger partial charge < -0.3 is 19.2 Å². The lowest BCUT2D eigenvalue weighted by atomic mass is 10.1. The van der Waals surface area contributed by atoms with Crippen LogP contribution >= 0.6 is 0 Å². The topological polar surface area (TPSA) is 80.0 Å². The number of aryl methyl sites for hydroxylation is 2. The van der Waals surface area contributed by atoms with Gasteiger partial charge in [0.2, 0.25) is 0 Å². The lowest BCUT2D eigenvalue weighted by Gasteiger charge is -2.18. The van der Waals surface area contributed by atoms with Crippen molar-refractivity contribution >= 4 is 11.9 Å². The van der Waals surface area contributed by atoms with Crippen molar-refractivity contribution < 1.29 is 23.8 Å². The number of carbonyl (C=O) groups is 2. The highest BCUT2D eigenvalue weighted by Gasteiger charge is 2.19. The predicted octanol–water partition coefficient (Wildman–Crippen LogP) is 3.41. The first kappa shape index (κ1) is 18.6. The van der Waals surface area contributed by atoms with Gasteiger partial charge in [0.15, 0.2) is 5.76 Å². The molecule has 25 heavy (non-hydrogen) atoms. The molecule has 6 heteroatoms. The van der Waals surface area contributed by atoms with Gasteiger partial charge in [-0.3, -0.25) is 9.59 Å². The van der Waals surface area contributed by atoms with Gasteiger partial charge in [-0.1, -0.05) is 17.7 Å². The fraction of sp³-hybridized carbons (Fsp3) is 0.368. The molecule has 1 aromatic heterocycles. The van der Waals surface area contributed by atoms with Crippen molar-refractivity contribution in [3.05, 3.63) is 53.0 Å². The van der Waals surface area contributed by atoms with Gasteiger partial charge in [-0.2, -0.15) is 0 Å². The van der Waals surface area contributed by atoms with Crippen LogP contribution in [0.2, 0.25) is 0 Å². The summed E-state index contributed by atoms with van der Waals surface area (Å²) < 4.78 is 11.3. The molecule has 0 aliphatic carbocycles. The molecule has 2 rings (SSSR count). The van der Waals surface area contributed by atoms with Crippen molar-refractivity contribution in [1.82, 2.24) is 4.90 Å². The van der Waals surface area contributed by atoms with Gasteiger partial charge in [-0.25, -0.2) is 0 Å². The number of rotatable bonds is 8. The number of hydrogen-bond acceptors (Lipinski definition) is 4. The summed E-state index contributed by atoms with van der Waals surface area (Å²) in [5, 5.41) is 8.75. The van der Waals surface area contributed by atoms with E-state index in [-0.39, 0.29) is 31.2 Å². The monoisotopic (exact) mass is 345 g/mol. The van der Waals surface area contributed by atoms with E-state index < -0.39 is 5.97 Å². The minimum atomic E-state index is -0.937. The molecule has 0 saturated heterocycles. The second-order valence-corrected chi connectivity index (χ2v) is 5.85. The Bertz CT molecular complexity index is 750. The SMILES string of the molecule is CCN(CCC(=O)O)C(=O)c1ccc(COc2ccc(C)cc2C)o1. The highest BCUT2D eigenvalue weighted by Crippen LogP contribution is 2.21. The average molecular weight is 345 g/mol. The summed E-state index contributed by atoms with van der Waals surface area (Å²) in [7, 11) is 0. The molecule has 6 nitrogen and oxygen atoms in total. The molecule has 1 aromatic carbocycles. The lowest BCUT2D eigenvalue weighted by molar-refractivity contribution is -0.137. The minimum Gasteiger partial charge on any atom is -0.485 e. The number of furan rings is 1. The maximum absolute atomic E-state index is 12.4. The molecule has 0 aliphatic heterocycles. The van der Waals surface area contributed by atoms with Crippen LogP contribution in [-0.2, 0) is 11.4 Å². The molecule has 0 atom stereocenters. The van der Waals surface area contributed by atoms with Crippen LogP contribution < -0.4 is 4.74 Å². The van der Waals surface area contributed by atoms with E-state index in [1.807, 2.05) is 32.0 Å². The molecule has 0 bridgehead atoms. The molecule has 0 fully saturated rings. The molecule has 1 heterocycles. The maximum atomic E-state index is 12.4. The van der Waals surface area contributed by atoms with Crippen LogP contribution in [-0.4, -0.2) is 35.0 Å². The summed E-state index contributed by atoms with van der Waals surface area (Å²) in [4.78, 5) is 24.5. The Balaban J connectivity index is 1.98. The van der Waals surface area contributed by atoms with Crippen molar-refractivity contribution in [2.24, 2.45) is 0 Å². The van der Waals surface area contributed by atoms with Crippen LogP contribution in [0.25, 0.3) is 0 Å². The fourth-order valence-corrected chi connectivity index (χ4v) is 2.47. The number of amides is 1. The van der Waals surface area contributed by atoms with E-state index in [9.17, 15) is 9.59 Å². The molecular formula is C19H23NO5. The smallest absolute Gasteiger partial charge is 0.305 e. The molecular weight excluding hydrogens is 322 g/mol. The van der Waals surface area contributed by atoms with Gasteiger partial charge >= 0.3 is 5.97 Å². The fourth-order valence-electron chi connectivity index (χ4n) is 2.47. The Hall–Kier alpha value is -2.76. The zero-order valence-corrected chi connectivity index (χ0v) is 14.7. The third kappa shape index (κ3) is 5.11. The number of carbonyl (C=O) groups excluding carboxylic acids is 1. The molecule has 0 aliphatic rings. The molecule has 0 unspecified atom stereocenters. The van der Waals surface area contributed by atoms with Gasteiger partial charge in [-0.15, -0.1) is 0 Å². The van der Waals surface area contributed by atoms with Gasteiger partial charge in [0, 0.05) is 13.1 Å². The lowest BCUT2D eigenvalue weighted by Crippen LogP contribution is -2.32. The third-order valence-corrected chi connectivity index (χ3v) is 3.84. The van der Waals surface area contributed by atoms with Crippen molar-refractivity contribution in [1.29, 1.82) is 0 Å². The summed E-state index contributed by atoms with van der Waals surface area (Å²) >= 11 is 0. The first-order chi connectivity index (χ1) is 11.9. The first-order valence-corrected chi connectivity index (χ1v) is 8.20. The second kappa shape index (κ2) is 8.37. The van der Waals surface area contributed by atoms with Crippen LogP contribution in [0.15, 0.2) is 34.7 Å². The number of carboxylic acid groups (broad SMARTS) is 1. The Kier molecular flexibility index (Phi) is 6.22. The van der Waals surface area contributed by atoms with Crippen molar-refractivity contribution in [3.8, 4) is 5.75 Å². The highest BCUT2D eigenvalue weighted by molar-refractivity contribution is 5.91. The number of benzene rings is 1. The third-order valence-electron chi connectivity index (χ3n) is 3.84. The van der Waals surface area contributed by atoms with Crippen LogP contribution in [0.3, 0.4) is 0 Å². The summed E-state index contributed by atoms with van der Waals surface area (Å²) in [6.07, 6.45) is -0.0943. The highest BCUT2D eigenvalue weighted by atomic mass is 16.5. The van der Waals surface area contributed by atoms with Gasteiger partial charge in [-0.05, 0) is 44.5 Å². The second-order valence-electron chi connectivity index (χ2n) is 5.85. The van der Waals surface area contributed by atoms with Crippen LogP contribution in [0.4, 0.5) is 0 Å². The molecule has 2 aromatic rings.